The van der Waals surface area contributed by atoms with E-state index < -0.39 is 0 Å². The summed E-state index contributed by atoms with van der Waals surface area (Å²) in [6, 6.07) is 14.5. The van der Waals surface area contributed by atoms with Gasteiger partial charge in [0.25, 0.3) is 0 Å². The maximum absolute atomic E-state index is 11.2. The van der Waals surface area contributed by atoms with Crippen LogP contribution in [0.1, 0.15) is 24.2 Å². The number of benzene rings is 2. The fourth-order valence-corrected chi connectivity index (χ4v) is 1.66. The monoisotopic (exact) mass is 256 g/mol. The van der Waals surface area contributed by atoms with Crippen LogP contribution in [0.5, 0.6) is 17.2 Å². The van der Waals surface area contributed by atoms with Gasteiger partial charge in [-0.2, -0.15) is 0 Å². The molecule has 0 aromatic heterocycles. The minimum atomic E-state index is 0.0487. The lowest BCUT2D eigenvalue weighted by molar-refractivity contribution is 0.101. The number of carbonyl (C=O) groups excluding carboxylic acids is 1. The average molecular weight is 256 g/mol. The molecule has 0 radical (unpaired) electrons. The first-order valence-corrected chi connectivity index (χ1v) is 6.21. The van der Waals surface area contributed by atoms with Gasteiger partial charge in [-0.05, 0) is 62.4 Å². The van der Waals surface area contributed by atoms with E-state index in [0.717, 1.165) is 11.5 Å². The average Bonchev–Trinajstić information content (AvgIpc) is 2.42. The van der Waals surface area contributed by atoms with E-state index in [1.54, 1.807) is 31.2 Å². The third-order valence-corrected chi connectivity index (χ3v) is 2.63. The van der Waals surface area contributed by atoms with Gasteiger partial charge in [-0.1, -0.05) is 0 Å². The molecule has 2 aromatic rings. The van der Waals surface area contributed by atoms with Gasteiger partial charge in [0, 0.05) is 5.56 Å². The van der Waals surface area contributed by atoms with Crippen LogP contribution in [0.25, 0.3) is 0 Å². The minimum absolute atomic E-state index is 0.0487. The molecular formula is C16H16O3. The van der Waals surface area contributed by atoms with Gasteiger partial charge in [0.2, 0.25) is 0 Å². The Bertz CT molecular complexity index is 541. The van der Waals surface area contributed by atoms with Crippen LogP contribution in [0, 0.1) is 0 Å². The maximum atomic E-state index is 11.2. The molecule has 0 amide bonds. The summed E-state index contributed by atoms with van der Waals surface area (Å²) in [6.07, 6.45) is 0. The largest absolute Gasteiger partial charge is 0.494 e. The Balaban J connectivity index is 2.06. The molecule has 2 aromatic carbocycles. The molecule has 19 heavy (non-hydrogen) atoms. The quantitative estimate of drug-likeness (QED) is 0.756. The van der Waals surface area contributed by atoms with Crippen LogP contribution in [0.3, 0.4) is 0 Å². The van der Waals surface area contributed by atoms with Crippen LogP contribution < -0.4 is 9.47 Å². The van der Waals surface area contributed by atoms with Gasteiger partial charge in [-0.25, -0.2) is 0 Å². The number of ether oxygens (including phenoxy) is 2. The van der Waals surface area contributed by atoms with Crippen LogP contribution in [0.2, 0.25) is 0 Å². The summed E-state index contributed by atoms with van der Waals surface area (Å²) in [4.78, 5) is 11.2. The minimum Gasteiger partial charge on any atom is -0.494 e. The molecule has 0 saturated carbocycles. The Kier molecular flexibility index (Phi) is 4.18. The molecule has 0 spiro atoms. The molecule has 0 atom stereocenters. The summed E-state index contributed by atoms with van der Waals surface area (Å²) >= 11 is 0. The molecule has 0 aliphatic heterocycles. The lowest BCUT2D eigenvalue weighted by Crippen LogP contribution is -1.92. The number of hydrogen-bond acceptors (Lipinski definition) is 3. The Labute approximate surface area is 112 Å². The lowest BCUT2D eigenvalue weighted by atomic mass is 10.1. The summed E-state index contributed by atoms with van der Waals surface area (Å²) < 4.78 is 11.0. The second-order valence-electron chi connectivity index (χ2n) is 4.09. The molecule has 0 unspecified atom stereocenters. The predicted octanol–water partition coefficient (Wildman–Crippen LogP) is 4.08. The third-order valence-electron chi connectivity index (χ3n) is 2.63. The third kappa shape index (κ3) is 3.58. The normalized spacial score (nSPS) is 10.0. The van der Waals surface area contributed by atoms with Gasteiger partial charge in [-0.15, -0.1) is 0 Å². The second-order valence-corrected chi connectivity index (χ2v) is 4.09. The Morgan fingerprint density at radius 3 is 1.84 bits per heavy atom. The summed E-state index contributed by atoms with van der Waals surface area (Å²) in [7, 11) is 0. The highest BCUT2D eigenvalue weighted by molar-refractivity contribution is 5.94. The van der Waals surface area contributed by atoms with Crippen molar-refractivity contribution in [2.24, 2.45) is 0 Å². The molecule has 0 heterocycles. The Hall–Kier alpha value is -2.29. The highest BCUT2D eigenvalue weighted by Gasteiger charge is 2.01. The molecule has 0 bridgehead atoms. The summed E-state index contributed by atoms with van der Waals surface area (Å²) in [5.41, 5.74) is 0.680. The van der Waals surface area contributed by atoms with Crippen molar-refractivity contribution in [1.29, 1.82) is 0 Å². The van der Waals surface area contributed by atoms with E-state index in [4.69, 9.17) is 9.47 Å². The van der Waals surface area contributed by atoms with Crippen molar-refractivity contribution in [2.75, 3.05) is 6.61 Å². The SMILES string of the molecule is CCOc1ccc(Oc2ccc(C(C)=O)cc2)cc1. The summed E-state index contributed by atoms with van der Waals surface area (Å²) in [5.74, 6) is 2.31. The van der Waals surface area contributed by atoms with Gasteiger partial charge in [-0.3, -0.25) is 4.79 Å². The molecule has 0 N–H and O–H groups in total. The zero-order valence-electron chi connectivity index (χ0n) is 11.1. The van der Waals surface area contributed by atoms with E-state index in [1.165, 1.54) is 0 Å². The van der Waals surface area contributed by atoms with Crippen LogP contribution >= 0.6 is 0 Å². The molecule has 0 saturated heterocycles. The molecule has 98 valence electrons. The molecule has 3 nitrogen and oxygen atoms in total. The van der Waals surface area contributed by atoms with Crippen molar-refractivity contribution in [2.45, 2.75) is 13.8 Å². The van der Waals surface area contributed by atoms with Crippen LogP contribution in [-0.4, -0.2) is 12.4 Å². The van der Waals surface area contributed by atoms with Crippen molar-refractivity contribution in [3.63, 3.8) is 0 Å². The van der Waals surface area contributed by atoms with Gasteiger partial charge in [0.1, 0.15) is 17.2 Å². The first-order valence-electron chi connectivity index (χ1n) is 6.21. The van der Waals surface area contributed by atoms with E-state index in [0.29, 0.717) is 17.9 Å². The van der Waals surface area contributed by atoms with E-state index >= 15 is 0 Å². The molecule has 2 rings (SSSR count). The summed E-state index contributed by atoms with van der Waals surface area (Å²) in [5, 5.41) is 0. The Morgan fingerprint density at radius 2 is 1.37 bits per heavy atom. The number of rotatable bonds is 5. The van der Waals surface area contributed by atoms with Crippen LogP contribution in [0.4, 0.5) is 0 Å². The van der Waals surface area contributed by atoms with Crippen molar-refractivity contribution in [3.05, 3.63) is 54.1 Å². The molecule has 0 fully saturated rings. The predicted molar refractivity (Wildman–Crippen MR) is 74.1 cm³/mol. The highest BCUT2D eigenvalue weighted by Crippen LogP contribution is 2.24. The maximum Gasteiger partial charge on any atom is 0.159 e. The van der Waals surface area contributed by atoms with E-state index in [9.17, 15) is 4.79 Å². The van der Waals surface area contributed by atoms with E-state index in [1.807, 2.05) is 31.2 Å². The van der Waals surface area contributed by atoms with Gasteiger partial charge >= 0.3 is 0 Å². The zero-order chi connectivity index (χ0) is 13.7. The summed E-state index contributed by atoms with van der Waals surface area (Å²) in [6.45, 7) is 4.13. The standard InChI is InChI=1S/C16H16O3/c1-3-18-14-8-10-16(11-9-14)19-15-6-4-13(5-7-15)12(2)17/h4-11H,3H2,1-2H3. The number of carbonyl (C=O) groups is 1. The molecule has 3 heteroatoms. The smallest absolute Gasteiger partial charge is 0.159 e. The fourth-order valence-electron chi connectivity index (χ4n) is 1.66. The number of ketones is 1. The zero-order valence-corrected chi connectivity index (χ0v) is 11.1. The number of hydrogen-bond donors (Lipinski definition) is 0. The van der Waals surface area contributed by atoms with Crippen molar-refractivity contribution < 1.29 is 14.3 Å². The lowest BCUT2D eigenvalue weighted by Gasteiger charge is -2.07. The fraction of sp³-hybridized carbons (Fsp3) is 0.188. The van der Waals surface area contributed by atoms with E-state index in [-0.39, 0.29) is 5.78 Å². The van der Waals surface area contributed by atoms with Gasteiger partial charge < -0.3 is 9.47 Å². The van der Waals surface area contributed by atoms with Crippen molar-refractivity contribution in [1.82, 2.24) is 0 Å². The molecular weight excluding hydrogens is 240 g/mol. The van der Waals surface area contributed by atoms with Gasteiger partial charge in [0.05, 0.1) is 6.61 Å². The molecule has 0 aliphatic rings. The van der Waals surface area contributed by atoms with Gasteiger partial charge in [0.15, 0.2) is 5.78 Å². The second kappa shape index (κ2) is 6.05. The first-order chi connectivity index (χ1) is 9.19. The topological polar surface area (TPSA) is 35.5 Å². The first kappa shape index (κ1) is 13.1. The number of Topliss-reactive ketones (excluding diaryl/α,β-unsaturated/α-hetero) is 1. The van der Waals surface area contributed by atoms with Crippen LogP contribution in [-0.2, 0) is 0 Å². The van der Waals surface area contributed by atoms with Crippen molar-refractivity contribution in [3.8, 4) is 17.2 Å². The van der Waals surface area contributed by atoms with Crippen molar-refractivity contribution >= 4 is 5.78 Å². The molecule has 0 aliphatic carbocycles. The van der Waals surface area contributed by atoms with E-state index in [2.05, 4.69) is 0 Å². The Morgan fingerprint density at radius 1 is 0.895 bits per heavy atom. The van der Waals surface area contributed by atoms with Crippen LogP contribution in [0.15, 0.2) is 48.5 Å². The highest BCUT2D eigenvalue weighted by atomic mass is 16.5.